The van der Waals surface area contributed by atoms with Crippen LogP contribution >= 0.6 is 0 Å². The lowest BCUT2D eigenvalue weighted by Crippen LogP contribution is -2.76. The molecule has 0 unspecified atom stereocenters. The van der Waals surface area contributed by atoms with Gasteiger partial charge in [0.15, 0.2) is 6.20 Å². The Bertz CT molecular complexity index is 2500. The Balaban J connectivity index is 1.45. The maximum absolute atomic E-state index is 2.57. The third-order valence-corrected chi connectivity index (χ3v) is 12.1. The average Bonchev–Trinajstić information content (AvgIpc) is 3.17. The highest BCUT2D eigenvalue weighted by Crippen LogP contribution is 2.30. The molecule has 0 bridgehead atoms. The van der Waals surface area contributed by atoms with Gasteiger partial charge in [0.1, 0.15) is 7.05 Å². The van der Waals surface area contributed by atoms with E-state index in [0.717, 1.165) is 0 Å². The molecular formula is C52H52B2N+. The minimum absolute atomic E-state index is 0.0846. The first-order valence-electron chi connectivity index (χ1n) is 20.1. The number of hydrogen-bond donors (Lipinski definition) is 0. The molecule has 0 fully saturated rings. The number of nitrogens with zero attached hydrogens (tertiary/aromatic N) is 1. The summed E-state index contributed by atoms with van der Waals surface area (Å²) in [5, 5.41) is 0. The molecule has 1 aliphatic heterocycles. The van der Waals surface area contributed by atoms with Crippen molar-refractivity contribution in [1.82, 2.24) is 0 Å². The van der Waals surface area contributed by atoms with Crippen LogP contribution in [0.15, 0.2) is 140 Å². The first kappa shape index (κ1) is 36.6. The van der Waals surface area contributed by atoms with Gasteiger partial charge in [0.2, 0.25) is 19.1 Å². The normalized spacial score (nSPS) is 12.3. The summed E-state index contributed by atoms with van der Waals surface area (Å²) in [6.07, 6.45) is 2.25. The van der Waals surface area contributed by atoms with Gasteiger partial charge < -0.3 is 0 Å². The van der Waals surface area contributed by atoms with Crippen LogP contribution in [0.5, 0.6) is 0 Å². The van der Waals surface area contributed by atoms with Gasteiger partial charge in [-0.3, -0.25) is 0 Å². The zero-order chi connectivity index (χ0) is 38.5. The van der Waals surface area contributed by atoms with Crippen LogP contribution in [-0.4, -0.2) is 13.4 Å². The van der Waals surface area contributed by atoms with E-state index in [1.807, 2.05) is 0 Å². The van der Waals surface area contributed by atoms with Crippen molar-refractivity contribution in [3.05, 3.63) is 173 Å². The molecule has 8 rings (SSSR count). The first-order chi connectivity index (χ1) is 26.5. The van der Waals surface area contributed by atoms with Crippen LogP contribution in [0.4, 0.5) is 0 Å². The molecule has 2 heterocycles. The Hall–Kier alpha value is -5.40. The lowest BCUT2D eigenvalue weighted by Gasteiger charge is -2.36. The summed E-state index contributed by atoms with van der Waals surface area (Å²) in [6.45, 7) is 18.9. The smallest absolute Gasteiger partial charge is 0.201 e. The van der Waals surface area contributed by atoms with Crippen molar-refractivity contribution in [2.24, 2.45) is 7.05 Å². The van der Waals surface area contributed by atoms with Gasteiger partial charge in [0.05, 0.1) is 0 Å². The number of pyridine rings is 1. The van der Waals surface area contributed by atoms with Gasteiger partial charge in [-0.1, -0.05) is 193 Å². The van der Waals surface area contributed by atoms with Crippen molar-refractivity contribution in [2.45, 2.75) is 67.2 Å². The zero-order valence-electron chi connectivity index (χ0n) is 34.0. The molecule has 0 amide bonds. The van der Waals surface area contributed by atoms with Crippen LogP contribution in [-0.2, 0) is 7.05 Å². The third kappa shape index (κ3) is 6.58. The van der Waals surface area contributed by atoms with E-state index in [2.05, 4.69) is 207 Å². The number of aromatic nitrogens is 1. The molecule has 1 aliphatic rings. The zero-order valence-corrected chi connectivity index (χ0v) is 34.0. The summed E-state index contributed by atoms with van der Waals surface area (Å²) >= 11 is 0. The molecule has 0 saturated carbocycles. The molecule has 0 aliphatic carbocycles. The first-order valence-corrected chi connectivity index (χ1v) is 20.1. The van der Waals surface area contributed by atoms with Crippen molar-refractivity contribution in [1.29, 1.82) is 0 Å². The fourth-order valence-corrected chi connectivity index (χ4v) is 9.55. The molecular weight excluding hydrogens is 660 g/mol. The minimum atomic E-state index is 0.0846. The number of fused-ring (bicyclic) bond motifs is 2. The molecule has 0 N–H and O–H groups in total. The van der Waals surface area contributed by atoms with E-state index >= 15 is 0 Å². The number of benzene rings is 6. The van der Waals surface area contributed by atoms with E-state index < -0.39 is 0 Å². The van der Waals surface area contributed by atoms with Crippen LogP contribution in [0, 0.1) is 27.7 Å². The highest BCUT2D eigenvalue weighted by Gasteiger charge is 2.42. The topological polar surface area (TPSA) is 3.88 Å². The second-order valence-electron chi connectivity index (χ2n) is 16.6. The Morgan fingerprint density at radius 1 is 0.436 bits per heavy atom. The van der Waals surface area contributed by atoms with Gasteiger partial charge in [-0.25, -0.2) is 4.57 Å². The van der Waals surface area contributed by atoms with E-state index in [0.29, 0.717) is 11.8 Å². The van der Waals surface area contributed by atoms with Crippen molar-refractivity contribution in [3.63, 3.8) is 0 Å². The third-order valence-electron chi connectivity index (χ3n) is 12.1. The highest BCUT2D eigenvalue weighted by molar-refractivity contribution is 7.11. The largest absolute Gasteiger partial charge is 0.240 e. The van der Waals surface area contributed by atoms with Gasteiger partial charge in [0.25, 0.3) is 0 Å². The van der Waals surface area contributed by atoms with Crippen LogP contribution in [0.2, 0.25) is 0 Å². The van der Waals surface area contributed by atoms with Gasteiger partial charge in [-0.05, 0) is 84.5 Å². The second kappa shape index (κ2) is 14.7. The van der Waals surface area contributed by atoms with E-state index in [-0.39, 0.29) is 13.4 Å². The molecule has 6 aromatic carbocycles. The summed E-state index contributed by atoms with van der Waals surface area (Å²) in [5.74, 6) is 0.693. The molecule has 3 heteroatoms. The Morgan fingerprint density at radius 2 is 0.909 bits per heavy atom. The molecule has 0 radical (unpaired) electrons. The molecule has 7 aromatic rings. The molecule has 0 spiro atoms. The van der Waals surface area contributed by atoms with Crippen LogP contribution in [0.25, 0.3) is 33.5 Å². The lowest BCUT2D eigenvalue weighted by atomic mass is 9.20. The van der Waals surface area contributed by atoms with Gasteiger partial charge >= 0.3 is 0 Å². The SMILES string of the molecule is Cc1ccc(-c2cc3c(cc2C)B(c2c(C)cc(-c4ccccc4)cc2C)c2ccccc2B3c2c(C(C)C)cc(-c3ccccc3)cc2C(C)C)[n+](C)c1. The maximum atomic E-state index is 2.57. The lowest BCUT2D eigenvalue weighted by molar-refractivity contribution is -0.660. The predicted octanol–water partition coefficient (Wildman–Crippen LogP) is 8.34. The van der Waals surface area contributed by atoms with Crippen molar-refractivity contribution in [3.8, 4) is 33.5 Å². The summed E-state index contributed by atoms with van der Waals surface area (Å²) < 4.78 is 2.30. The molecule has 1 aromatic heterocycles. The summed E-state index contributed by atoms with van der Waals surface area (Å²) in [4.78, 5) is 0. The minimum Gasteiger partial charge on any atom is -0.201 e. The fourth-order valence-electron chi connectivity index (χ4n) is 9.55. The monoisotopic (exact) mass is 712 g/mol. The Kier molecular flexibility index (Phi) is 9.76. The predicted molar refractivity (Wildman–Crippen MR) is 240 cm³/mol. The molecule has 0 atom stereocenters. The Labute approximate surface area is 330 Å². The fraction of sp³-hybridized carbons (Fsp3) is 0.212. The summed E-state index contributed by atoms with van der Waals surface area (Å²) in [5.41, 5.74) is 24.4. The van der Waals surface area contributed by atoms with Gasteiger partial charge in [-0.15, -0.1) is 0 Å². The van der Waals surface area contributed by atoms with E-state index in [1.165, 1.54) is 99.7 Å². The maximum Gasteiger partial charge on any atom is 0.240 e. The Morgan fingerprint density at radius 3 is 1.42 bits per heavy atom. The van der Waals surface area contributed by atoms with Crippen LogP contribution < -0.4 is 37.3 Å². The summed E-state index contributed by atoms with van der Waals surface area (Å²) in [7, 11) is 2.19. The number of hydrogen-bond acceptors (Lipinski definition) is 0. The van der Waals surface area contributed by atoms with Crippen LogP contribution in [0.1, 0.15) is 72.9 Å². The van der Waals surface area contributed by atoms with Crippen LogP contribution in [0.3, 0.4) is 0 Å². The molecule has 270 valence electrons. The number of rotatable bonds is 7. The number of aryl methyl sites for hydroxylation is 5. The standard InChI is InChI=1S/C52H52B2N/c1-33(2)43-29-42(40-20-14-11-15-21-40)30-44(34(3)4)52(43)54-47-23-17-16-22-46(47)53(51-37(7)26-41(27-38(51)8)39-18-12-10-13-19-39)48-28-36(6)45(31-49(48)54)50-25-24-35(5)32-55(50)9/h10-34H,1-9H3/q+1. The van der Waals surface area contributed by atoms with E-state index in [4.69, 9.17) is 0 Å². The molecule has 55 heavy (non-hydrogen) atoms. The molecule has 1 nitrogen and oxygen atoms in total. The quantitative estimate of drug-likeness (QED) is 0.116. The summed E-state index contributed by atoms with van der Waals surface area (Å²) in [6, 6.07) is 50.6. The van der Waals surface area contributed by atoms with E-state index in [1.54, 1.807) is 0 Å². The van der Waals surface area contributed by atoms with Crippen molar-refractivity contribution in [2.75, 3.05) is 0 Å². The van der Waals surface area contributed by atoms with Gasteiger partial charge in [0, 0.05) is 17.2 Å². The van der Waals surface area contributed by atoms with Gasteiger partial charge in [-0.2, -0.15) is 0 Å². The second-order valence-corrected chi connectivity index (χ2v) is 16.6. The van der Waals surface area contributed by atoms with E-state index in [9.17, 15) is 0 Å². The highest BCUT2D eigenvalue weighted by atomic mass is 14.9. The van der Waals surface area contributed by atoms with Crippen molar-refractivity contribution >= 4 is 46.2 Å². The van der Waals surface area contributed by atoms with Crippen molar-refractivity contribution < 1.29 is 4.57 Å². The molecule has 0 saturated heterocycles. The average molecular weight is 713 g/mol.